The molecule has 21 heavy (non-hydrogen) atoms. The highest BCUT2D eigenvalue weighted by Gasteiger charge is 2.08. The summed E-state index contributed by atoms with van der Waals surface area (Å²) in [6.45, 7) is 4.06. The number of rotatable bonds is 5. The molecule has 0 saturated heterocycles. The SMILES string of the molecule is CCCc1ccc(NC(=O)c2ccc(NN)c(C)c2)cc1. The lowest BCUT2D eigenvalue weighted by atomic mass is 10.1. The third-order valence-electron chi connectivity index (χ3n) is 3.39. The van der Waals surface area contributed by atoms with E-state index in [2.05, 4.69) is 17.7 Å². The largest absolute Gasteiger partial charge is 0.324 e. The van der Waals surface area contributed by atoms with Crippen molar-refractivity contribution >= 4 is 17.3 Å². The Morgan fingerprint density at radius 1 is 1.14 bits per heavy atom. The Kier molecular flexibility index (Phi) is 4.95. The fraction of sp³-hybridized carbons (Fsp3) is 0.235. The zero-order valence-corrected chi connectivity index (χ0v) is 12.4. The van der Waals surface area contributed by atoms with Crippen LogP contribution < -0.4 is 16.6 Å². The highest BCUT2D eigenvalue weighted by molar-refractivity contribution is 6.04. The van der Waals surface area contributed by atoms with Crippen molar-refractivity contribution < 1.29 is 4.79 Å². The molecule has 0 spiro atoms. The minimum Gasteiger partial charge on any atom is -0.324 e. The second-order valence-corrected chi connectivity index (χ2v) is 5.08. The molecule has 0 heterocycles. The second-order valence-electron chi connectivity index (χ2n) is 5.08. The van der Waals surface area contributed by atoms with Crippen molar-refractivity contribution in [3.8, 4) is 0 Å². The van der Waals surface area contributed by atoms with Crippen LogP contribution in [0, 0.1) is 6.92 Å². The maximum Gasteiger partial charge on any atom is 0.255 e. The van der Waals surface area contributed by atoms with Crippen LogP contribution in [0.15, 0.2) is 42.5 Å². The maximum atomic E-state index is 12.2. The molecular formula is C17H21N3O. The summed E-state index contributed by atoms with van der Waals surface area (Å²) in [7, 11) is 0. The molecule has 2 rings (SSSR count). The number of carbonyl (C=O) groups is 1. The molecule has 0 atom stereocenters. The first-order valence-corrected chi connectivity index (χ1v) is 7.11. The van der Waals surface area contributed by atoms with E-state index in [1.54, 1.807) is 12.1 Å². The van der Waals surface area contributed by atoms with Crippen molar-refractivity contribution in [1.29, 1.82) is 0 Å². The molecule has 0 radical (unpaired) electrons. The number of amides is 1. The van der Waals surface area contributed by atoms with Gasteiger partial charge in [0.25, 0.3) is 5.91 Å². The second kappa shape index (κ2) is 6.90. The minimum absolute atomic E-state index is 0.120. The van der Waals surface area contributed by atoms with E-state index in [1.165, 1.54) is 5.56 Å². The van der Waals surface area contributed by atoms with E-state index in [1.807, 2.05) is 37.3 Å². The van der Waals surface area contributed by atoms with Gasteiger partial charge in [-0.2, -0.15) is 0 Å². The van der Waals surface area contributed by atoms with Crippen LogP contribution in [-0.4, -0.2) is 5.91 Å². The topological polar surface area (TPSA) is 67.2 Å². The number of anilines is 2. The average molecular weight is 283 g/mol. The van der Waals surface area contributed by atoms with Gasteiger partial charge in [-0.05, 0) is 54.8 Å². The van der Waals surface area contributed by atoms with Crippen LogP contribution in [0.2, 0.25) is 0 Å². The van der Waals surface area contributed by atoms with Crippen LogP contribution in [0.5, 0.6) is 0 Å². The summed E-state index contributed by atoms with van der Waals surface area (Å²) in [6.07, 6.45) is 2.17. The zero-order valence-electron chi connectivity index (χ0n) is 12.4. The zero-order chi connectivity index (χ0) is 15.2. The standard InChI is InChI=1S/C17H21N3O/c1-3-4-13-5-8-15(9-6-13)19-17(21)14-7-10-16(20-18)12(2)11-14/h5-11,20H,3-4,18H2,1-2H3,(H,19,21). The summed E-state index contributed by atoms with van der Waals surface area (Å²) in [5.74, 6) is 5.27. The Hall–Kier alpha value is -2.33. The monoisotopic (exact) mass is 283 g/mol. The molecule has 0 saturated carbocycles. The molecule has 110 valence electrons. The van der Waals surface area contributed by atoms with Crippen molar-refractivity contribution in [3.63, 3.8) is 0 Å². The Morgan fingerprint density at radius 3 is 2.43 bits per heavy atom. The van der Waals surface area contributed by atoms with Gasteiger partial charge in [-0.3, -0.25) is 10.6 Å². The van der Waals surface area contributed by atoms with Crippen LogP contribution in [0.1, 0.15) is 34.8 Å². The molecule has 0 aliphatic carbocycles. The van der Waals surface area contributed by atoms with Crippen LogP contribution in [0.3, 0.4) is 0 Å². The fourth-order valence-electron chi connectivity index (χ4n) is 2.21. The molecule has 1 amide bonds. The van der Waals surface area contributed by atoms with Crippen LogP contribution in [0.4, 0.5) is 11.4 Å². The number of hydrazine groups is 1. The van der Waals surface area contributed by atoms with Crippen molar-refractivity contribution in [2.45, 2.75) is 26.7 Å². The summed E-state index contributed by atoms with van der Waals surface area (Å²) in [6, 6.07) is 13.3. The number of nitrogens with one attached hydrogen (secondary N) is 2. The number of aryl methyl sites for hydroxylation is 2. The van der Waals surface area contributed by atoms with E-state index >= 15 is 0 Å². The van der Waals surface area contributed by atoms with Gasteiger partial charge in [0, 0.05) is 11.3 Å². The Bertz CT molecular complexity index is 620. The highest BCUT2D eigenvalue weighted by Crippen LogP contribution is 2.17. The predicted octanol–water partition coefficient (Wildman–Crippen LogP) is 3.49. The Morgan fingerprint density at radius 2 is 1.86 bits per heavy atom. The molecule has 0 aliphatic heterocycles. The number of hydrogen-bond acceptors (Lipinski definition) is 3. The third kappa shape index (κ3) is 3.83. The number of benzene rings is 2. The quantitative estimate of drug-likeness (QED) is 0.581. The summed E-state index contributed by atoms with van der Waals surface area (Å²) in [4.78, 5) is 12.2. The van der Waals surface area contributed by atoms with E-state index < -0.39 is 0 Å². The fourth-order valence-corrected chi connectivity index (χ4v) is 2.21. The summed E-state index contributed by atoms with van der Waals surface area (Å²) in [5.41, 5.74) is 7.05. The highest BCUT2D eigenvalue weighted by atomic mass is 16.1. The summed E-state index contributed by atoms with van der Waals surface area (Å²) >= 11 is 0. The maximum absolute atomic E-state index is 12.2. The van der Waals surface area contributed by atoms with Crippen molar-refractivity contribution in [2.75, 3.05) is 10.7 Å². The van der Waals surface area contributed by atoms with Gasteiger partial charge in [0.05, 0.1) is 5.69 Å². The molecule has 0 fully saturated rings. The van der Waals surface area contributed by atoms with E-state index in [9.17, 15) is 4.79 Å². The molecule has 2 aromatic rings. The summed E-state index contributed by atoms with van der Waals surface area (Å²) < 4.78 is 0. The Labute approximate surface area is 125 Å². The van der Waals surface area contributed by atoms with E-state index in [0.717, 1.165) is 29.8 Å². The molecule has 4 nitrogen and oxygen atoms in total. The molecule has 4 heteroatoms. The summed E-state index contributed by atoms with van der Waals surface area (Å²) in [5, 5.41) is 2.90. The van der Waals surface area contributed by atoms with Gasteiger partial charge < -0.3 is 10.7 Å². The van der Waals surface area contributed by atoms with Gasteiger partial charge in [-0.25, -0.2) is 0 Å². The molecule has 2 aromatic carbocycles. The molecule has 0 aromatic heterocycles. The lowest BCUT2D eigenvalue weighted by molar-refractivity contribution is 0.102. The van der Waals surface area contributed by atoms with Crippen molar-refractivity contribution in [1.82, 2.24) is 0 Å². The van der Waals surface area contributed by atoms with Gasteiger partial charge in [0.1, 0.15) is 0 Å². The lowest BCUT2D eigenvalue weighted by Crippen LogP contribution is -2.13. The number of hydrogen-bond donors (Lipinski definition) is 3. The molecule has 0 unspecified atom stereocenters. The lowest BCUT2D eigenvalue weighted by Gasteiger charge is -2.09. The van der Waals surface area contributed by atoms with Gasteiger partial charge in [0.15, 0.2) is 0 Å². The van der Waals surface area contributed by atoms with E-state index in [4.69, 9.17) is 5.84 Å². The van der Waals surface area contributed by atoms with Crippen molar-refractivity contribution in [2.24, 2.45) is 5.84 Å². The Balaban J connectivity index is 2.08. The number of nitrogens with two attached hydrogens (primary N) is 1. The van der Waals surface area contributed by atoms with Crippen LogP contribution in [-0.2, 0) is 6.42 Å². The first-order valence-electron chi connectivity index (χ1n) is 7.11. The smallest absolute Gasteiger partial charge is 0.255 e. The van der Waals surface area contributed by atoms with Gasteiger partial charge in [-0.1, -0.05) is 25.5 Å². The average Bonchev–Trinajstić information content (AvgIpc) is 2.49. The molecule has 0 bridgehead atoms. The first-order chi connectivity index (χ1) is 10.1. The predicted molar refractivity (Wildman–Crippen MR) is 87.4 cm³/mol. The number of nitrogen functional groups attached to an aromatic ring is 1. The normalized spacial score (nSPS) is 10.2. The third-order valence-corrected chi connectivity index (χ3v) is 3.39. The molecule has 0 aliphatic rings. The van der Waals surface area contributed by atoms with Gasteiger partial charge >= 0.3 is 0 Å². The van der Waals surface area contributed by atoms with E-state index in [0.29, 0.717) is 5.56 Å². The molecule has 4 N–H and O–H groups in total. The van der Waals surface area contributed by atoms with Gasteiger partial charge in [-0.15, -0.1) is 0 Å². The number of carbonyl (C=O) groups excluding carboxylic acids is 1. The first kappa shape index (κ1) is 15.1. The van der Waals surface area contributed by atoms with Crippen molar-refractivity contribution in [3.05, 3.63) is 59.2 Å². The van der Waals surface area contributed by atoms with Gasteiger partial charge in [0.2, 0.25) is 0 Å². The van der Waals surface area contributed by atoms with Crippen LogP contribution in [0.25, 0.3) is 0 Å². The van der Waals surface area contributed by atoms with E-state index in [-0.39, 0.29) is 5.91 Å². The van der Waals surface area contributed by atoms with Crippen LogP contribution >= 0.6 is 0 Å². The minimum atomic E-state index is -0.120. The molecular weight excluding hydrogens is 262 g/mol.